The molecule has 1 aliphatic rings. The Morgan fingerprint density at radius 2 is 1.71 bits per heavy atom. The zero-order chi connectivity index (χ0) is 12.0. The monoisotopic (exact) mass is 288 g/mol. The van der Waals surface area contributed by atoms with Crippen LogP contribution in [0.25, 0.3) is 11.0 Å². The highest BCUT2D eigenvalue weighted by Crippen LogP contribution is 2.27. The Labute approximate surface area is 110 Å². The van der Waals surface area contributed by atoms with Crippen LogP contribution in [0.2, 0.25) is 10.0 Å². The van der Waals surface area contributed by atoms with Gasteiger partial charge in [0.1, 0.15) is 6.61 Å². The summed E-state index contributed by atoms with van der Waals surface area (Å²) in [5, 5.41) is 0.871. The topological polar surface area (TPSA) is 52.1 Å². The molecule has 7 heteroatoms. The van der Waals surface area contributed by atoms with Gasteiger partial charge in [-0.25, -0.2) is 14.2 Å². The van der Waals surface area contributed by atoms with Crippen LogP contribution in [0.5, 0.6) is 0 Å². The fourth-order valence-electron chi connectivity index (χ4n) is 1.63. The Morgan fingerprint density at radius 3 is 2.35 bits per heavy atom. The van der Waals surface area contributed by atoms with Gasteiger partial charge in [0.2, 0.25) is 0 Å². The molecule has 1 aromatic heterocycles. The molecule has 0 amide bonds. The maximum atomic E-state index is 11.3. The molecular weight excluding hydrogens is 283 g/mol. The molecule has 2 heterocycles. The van der Waals surface area contributed by atoms with E-state index in [1.54, 1.807) is 12.1 Å². The molecule has 0 N–H and O–H groups in total. The van der Waals surface area contributed by atoms with E-state index in [4.69, 9.17) is 27.4 Å². The van der Waals surface area contributed by atoms with Gasteiger partial charge in [0.15, 0.2) is 11.1 Å². The molecule has 0 fully saturated rings. The molecule has 4 nitrogen and oxygen atoms in total. The lowest BCUT2D eigenvalue weighted by Crippen LogP contribution is -2.14. The summed E-state index contributed by atoms with van der Waals surface area (Å²) in [4.78, 5) is 8.78. The molecule has 0 saturated carbocycles. The van der Waals surface area contributed by atoms with Crippen molar-refractivity contribution in [3.05, 3.63) is 33.6 Å². The highest BCUT2D eigenvalue weighted by Gasteiger charge is 2.19. The summed E-state index contributed by atoms with van der Waals surface area (Å²) in [6, 6.07) is 3.32. The van der Waals surface area contributed by atoms with Gasteiger partial charge in [-0.2, -0.15) is 0 Å². The van der Waals surface area contributed by atoms with Crippen LogP contribution in [0.4, 0.5) is 0 Å². The summed E-state index contributed by atoms with van der Waals surface area (Å²) >= 11 is 10.5. The van der Waals surface area contributed by atoms with Gasteiger partial charge in [0.05, 0.1) is 38.2 Å². The lowest BCUT2D eigenvalue weighted by Gasteiger charge is -2.14. The summed E-state index contributed by atoms with van der Waals surface area (Å²) in [6.45, 7) is 0.213. The molecule has 0 saturated heterocycles. The fraction of sp³-hybridized carbons (Fsp3) is 0.200. The van der Waals surface area contributed by atoms with Crippen molar-refractivity contribution >= 4 is 45.3 Å². The number of nitrogens with zero attached hydrogens (tertiary/aromatic N) is 2. The lowest BCUT2D eigenvalue weighted by molar-refractivity contribution is 0.321. The third-order valence-electron chi connectivity index (χ3n) is 2.44. The molecule has 1 aliphatic heterocycles. The molecule has 0 radical (unpaired) electrons. The van der Waals surface area contributed by atoms with E-state index in [9.17, 15) is 4.21 Å². The van der Waals surface area contributed by atoms with Crippen LogP contribution >= 0.6 is 23.2 Å². The molecular formula is C10H6Cl2N2O2S. The second-order valence-electron chi connectivity index (χ2n) is 3.58. The minimum Gasteiger partial charge on any atom is -0.284 e. The van der Waals surface area contributed by atoms with Crippen LogP contribution in [0.3, 0.4) is 0 Å². The maximum Gasteiger partial charge on any atom is 0.162 e. The second-order valence-corrected chi connectivity index (χ2v) is 5.53. The van der Waals surface area contributed by atoms with Crippen LogP contribution < -0.4 is 0 Å². The predicted octanol–water partition coefficient (Wildman–Crippen LogP) is 2.63. The smallest absolute Gasteiger partial charge is 0.162 e. The Kier molecular flexibility index (Phi) is 2.78. The van der Waals surface area contributed by atoms with Crippen molar-refractivity contribution in [3.63, 3.8) is 0 Å². The Hall–Kier alpha value is -0.750. The Bertz CT molecular complexity index is 648. The van der Waals surface area contributed by atoms with Gasteiger partial charge in [-0.3, -0.25) is 4.18 Å². The quantitative estimate of drug-likeness (QED) is 0.748. The van der Waals surface area contributed by atoms with Gasteiger partial charge < -0.3 is 0 Å². The van der Waals surface area contributed by atoms with E-state index in [0.717, 1.165) is 0 Å². The van der Waals surface area contributed by atoms with E-state index in [0.29, 0.717) is 32.5 Å². The van der Waals surface area contributed by atoms with Crippen LogP contribution in [-0.2, 0) is 27.6 Å². The fourth-order valence-corrected chi connectivity index (χ4v) is 2.73. The van der Waals surface area contributed by atoms with Crippen molar-refractivity contribution in [1.82, 2.24) is 9.97 Å². The second kappa shape index (κ2) is 4.17. The number of fused-ring (bicyclic) bond motifs is 2. The third kappa shape index (κ3) is 2.04. The number of hydrogen-bond donors (Lipinski definition) is 0. The number of rotatable bonds is 0. The van der Waals surface area contributed by atoms with Gasteiger partial charge in [-0.05, 0) is 12.1 Å². The first-order chi connectivity index (χ1) is 8.13. The van der Waals surface area contributed by atoms with Crippen molar-refractivity contribution in [1.29, 1.82) is 0 Å². The van der Waals surface area contributed by atoms with Crippen molar-refractivity contribution in [2.24, 2.45) is 0 Å². The summed E-state index contributed by atoms with van der Waals surface area (Å²) < 4.78 is 16.3. The average molecular weight is 289 g/mol. The van der Waals surface area contributed by atoms with Gasteiger partial charge in [-0.15, -0.1) is 0 Å². The number of hydrogen-bond acceptors (Lipinski definition) is 4. The molecule has 0 spiro atoms. The molecule has 17 heavy (non-hydrogen) atoms. The van der Waals surface area contributed by atoms with Crippen LogP contribution in [0.1, 0.15) is 11.4 Å². The molecule has 0 bridgehead atoms. The SMILES string of the molecule is O=S1Cc2nc3cc(Cl)c(Cl)cc3nc2CO1. The minimum atomic E-state index is -1.32. The molecule has 1 atom stereocenters. The summed E-state index contributed by atoms with van der Waals surface area (Å²) in [5.74, 6) is 0.262. The number of halogens is 2. The summed E-state index contributed by atoms with van der Waals surface area (Å²) in [6.07, 6.45) is 0. The molecule has 2 aromatic rings. The highest BCUT2D eigenvalue weighted by atomic mass is 35.5. The largest absolute Gasteiger partial charge is 0.284 e. The van der Waals surface area contributed by atoms with E-state index in [-0.39, 0.29) is 12.4 Å². The Morgan fingerprint density at radius 1 is 1.12 bits per heavy atom. The molecule has 0 aliphatic carbocycles. The van der Waals surface area contributed by atoms with E-state index >= 15 is 0 Å². The maximum absolute atomic E-state index is 11.3. The first kappa shape index (κ1) is 11.3. The van der Waals surface area contributed by atoms with Gasteiger partial charge in [0.25, 0.3) is 0 Å². The zero-order valence-electron chi connectivity index (χ0n) is 8.44. The number of benzene rings is 1. The summed E-state index contributed by atoms with van der Waals surface area (Å²) in [5.41, 5.74) is 2.71. The molecule has 1 aromatic carbocycles. The van der Waals surface area contributed by atoms with E-state index in [1.807, 2.05) is 0 Å². The highest BCUT2D eigenvalue weighted by molar-refractivity contribution is 7.79. The normalized spacial score (nSPS) is 19.3. The number of aromatic nitrogens is 2. The summed E-state index contributed by atoms with van der Waals surface area (Å²) in [7, 11) is 0. The minimum absolute atomic E-state index is 0.213. The average Bonchev–Trinajstić information content (AvgIpc) is 2.28. The first-order valence-electron chi connectivity index (χ1n) is 4.79. The van der Waals surface area contributed by atoms with Gasteiger partial charge in [0, 0.05) is 0 Å². The standard InChI is InChI=1S/C10H6Cl2N2O2S/c11-5-1-7-8(2-6(5)12)14-10-4-17(15)16-3-9(10)13-7/h1-2H,3-4H2. The van der Waals surface area contributed by atoms with Crippen molar-refractivity contribution in [2.75, 3.05) is 0 Å². The van der Waals surface area contributed by atoms with Gasteiger partial charge >= 0.3 is 0 Å². The van der Waals surface area contributed by atoms with E-state index in [1.165, 1.54) is 0 Å². The molecule has 1 unspecified atom stereocenters. The zero-order valence-corrected chi connectivity index (χ0v) is 10.8. The van der Waals surface area contributed by atoms with E-state index < -0.39 is 11.1 Å². The van der Waals surface area contributed by atoms with Crippen LogP contribution in [-0.4, -0.2) is 14.2 Å². The first-order valence-corrected chi connectivity index (χ1v) is 6.79. The van der Waals surface area contributed by atoms with Crippen molar-refractivity contribution in [2.45, 2.75) is 12.4 Å². The lowest BCUT2D eigenvalue weighted by atomic mass is 10.2. The van der Waals surface area contributed by atoms with Crippen molar-refractivity contribution < 1.29 is 8.39 Å². The molecule has 88 valence electrons. The molecule has 3 rings (SSSR count). The van der Waals surface area contributed by atoms with E-state index in [2.05, 4.69) is 9.97 Å². The third-order valence-corrected chi connectivity index (χ3v) is 4.06. The predicted molar refractivity (Wildman–Crippen MR) is 66.2 cm³/mol. The van der Waals surface area contributed by atoms with Crippen LogP contribution in [0.15, 0.2) is 12.1 Å². The van der Waals surface area contributed by atoms with Crippen LogP contribution in [0, 0.1) is 0 Å². The Balaban J connectivity index is 2.25. The van der Waals surface area contributed by atoms with Crippen molar-refractivity contribution in [3.8, 4) is 0 Å². The van der Waals surface area contributed by atoms with Gasteiger partial charge in [-0.1, -0.05) is 23.2 Å².